The van der Waals surface area contributed by atoms with Crippen LogP contribution in [0.15, 0.2) is 30.3 Å². The number of aliphatic hydroxyl groups excluding tert-OH is 1. The maximum Gasteiger partial charge on any atom is 0.338 e. The molecule has 2 fully saturated rings. The molecule has 1 aliphatic heterocycles. The van der Waals surface area contributed by atoms with Crippen LogP contribution in [-0.2, 0) is 14.2 Å². The van der Waals surface area contributed by atoms with Gasteiger partial charge in [0.2, 0.25) is 0 Å². The quantitative estimate of drug-likeness (QED) is 0.815. The first kappa shape index (κ1) is 16.4. The zero-order valence-electron chi connectivity index (χ0n) is 13.3. The van der Waals surface area contributed by atoms with Crippen LogP contribution >= 0.6 is 0 Å². The van der Waals surface area contributed by atoms with Gasteiger partial charge < -0.3 is 24.4 Å². The molecule has 6 nitrogen and oxygen atoms in total. The van der Waals surface area contributed by atoms with Crippen molar-refractivity contribution in [2.75, 3.05) is 6.61 Å². The van der Waals surface area contributed by atoms with Gasteiger partial charge in [0.05, 0.1) is 17.8 Å². The van der Waals surface area contributed by atoms with E-state index in [9.17, 15) is 15.0 Å². The smallest absolute Gasteiger partial charge is 0.338 e. The lowest BCUT2D eigenvalue weighted by atomic mass is 9.80. The third-order valence-corrected chi connectivity index (χ3v) is 4.25. The van der Waals surface area contributed by atoms with Crippen molar-refractivity contribution in [1.82, 2.24) is 0 Å². The maximum atomic E-state index is 12.0. The van der Waals surface area contributed by atoms with Crippen LogP contribution in [0.5, 0.6) is 0 Å². The highest BCUT2D eigenvalue weighted by Crippen LogP contribution is 2.40. The van der Waals surface area contributed by atoms with E-state index in [1.54, 1.807) is 44.2 Å². The Labute approximate surface area is 135 Å². The molecule has 0 bridgehead atoms. The average molecular weight is 322 g/mol. The van der Waals surface area contributed by atoms with E-state index in [0.29, 0.717) is 5.56 Å². The number of rotatable bonds is 3. The number of ether oxygens (including phenoxy) is 3. The topological polar surface area (TPSA) is 85.2 Å². The molecule has 6 heteroatoms. The summed E-state index contributed by atoms with van der Waals surface area (Å²) in [5.41, 5.74) is -0.902. The first-order chi connectivity index (χ1) is 10.8. The number of aliphatic hydroxyl groups is 2. The Bertz CT molecular complexity index is 572. The van der Waals surface area contributed by atoms with Gasteiger partial charge in [-0.05, 0) is 26.0 Å². The molecule has 1 aliphatic carbocycles. The van der Waals surface area contributed by atoms with Crippen LogP contribution in [0.2, 0.25) is 0 Å². The van der Waals surface area contributed by atoms with Crippen molar-refractivity contribution in [3.8, 4) is 0 Å². The molecule has 0 aromatic heterocycles. The van der Waals surface area contributed by atoms with Crippen molar-refractivity contribution >= 4 is 5.97 Å². The number of carbonyl (C=O) groups excluding carboxylic acids is 1. The van der Waals surface area contributed by atoms with E-state index in [1.807, 2.05) is 0 Å². The van der Waals surface area contributed by atoms with Crippen LogP contribution in [0.1, 0.15) is 37.0 Å². The molecule has 1 saturated heterocycles. The van der Waals surface area contributed by atoms with Crippen molar-refractivity contribution in [2.45, 2.75) is 56.4 Å². The Morgan fingerprint density at radius 2 is 1.96 bits per heavy atom. The van der Waals surface area contributed by atoms with Gasteiger partial charge >= 0.3 is 5.97 Å². The van der Waals surface area contributed by atoms with Gasteiger partial charge in [0, 0.05) is 12.8 Å². The Morgan fingerprint density at radius 3 is 2.65 bits per heavy atom. The predicted molar refractivity (Wildman–Crippen MR) is 80.7 cm³/mol. The molecule has 2 aliphatic rings. The van der Waals surface area contributed by atoms with Crippen LogP contribution in [0.25, 0.3) is 0 Å². The summed E-state index contributed by atoms with van der Waals surface area (Å²) >= 11 is 0. The molecule has 2 N–H and O–H groups in total. The zero-order valence-corrected chi connectivity index (χ0v) is 13.3. The molecular weight excluding hydrogens is 300 g/mol. The van der Waals surface area contributed by atoms with Crippen LogP contribution in [0, 0.1) is 0 Å². The minimum absolute atomic E-state index is 0.0790. The largest absolute Gasteiger partial charge is 0.459 e. The van der Waals surface area contributed by atoms with E-state index in [0.717, 1.165) is 0 Å². The first-order valence-corrected chi connectivity index (χ1v) is 7.76. The fourth-order valence-electron chi connectivity index (χ4n) is 3.29. The standard InChI is InChI=1S/C17H22O6/c1-16(2)22-13-9-17(20,8-12(18)14(13)23-16)10-21-15(19)11-6-4-3-5-7-11/h3-7,12-14,18,20H,8-10H2,1-2H3/t12-,13-,14+,17-/m1/s1. The third kappa shape index (κ3) is 3.55. The summed E-state index contributed by atoms with van der Waals surface area (Å²) in [6.07, 6.45) is -1.42. The highest BCUT2D eigenvalue weighted by Gasteiger charge is 2.53. The lowest BCUT2D eigenvalue weighted by Gasteiger charge is -2.39. The molecule has 1 saturated carbocycles. The van der Waals surface area contributed by atoms with E-state index in [4.69, 9.17) is 14.2 Å². The number of fused-ring (bicyclic) bond motifs is 1. The SMILES string of the molecule is CC1(C)O[C@H]2[C@H](O)C[C@](O)(COC(=O)c3ccccc3)C[C@H]2O1. The molecule has 23 heavy (non-hydrogen) atoms. The molecule has 1 aromatic carbocycles. The van der Waals surface area contributed by atoms with Gasteiger partial charge in [-0.3, -0.25) is 0 Å². The van der Waals surface area contributed by atoms with Gasteiger partial charge in [0.15, 0.2) is 5.79 Å². The minimum atomic E-state index is -1.32. The number of hydrogen-bond donors (Lipinski definition) is 2. The number of benzene rings is 1. The predicted octanol–water partition coefficient (Wildman–Crippen LogP) is 1.25. The molecule has 0 spiro atoms. The number of hydrogen-bond acceptors (Lipinski definition) is 6. The van der Waals surface area contributed by atoms with Crippen LogP contribution in [0.4, 0.5) is 0 Å². The number of esters is 1. The second kappa shape index (κ2) is 5.87. The third-order valence-electron chi connectivity index (χ3n) is 4.25. The highest BCUT2D eigenvalue weighted by molar-refractivity contribution is 5.89. The summed E-state index contributed by atoms with van der Waals surface area (Å²) in [5, 5.41) is 20.9. The Kier molecular flexibility index (Phi) is 4.18. The molecule has 0 amide bonds. The monoisotopic (exact) mass is 322 g/mol. The fourth-order valence-corrected chi connectivity index (χ4v) is 3.29. The summed E-state index contributed by atoms with van der Waals surface area (Å²) in [6, 6.07) is 8.59. The van der Waals surface area contributed by atoms with Crippen molar-refractivity contribution in [2.24, 2.45) is 0 Å². The molecular formula is C17H22O6. The van der Waals surface area contributed by atoms with E-state index >= 15 is 0 Å². The Morgan fingerprint density at radius 1 is 1.26 bits per heavy atom. The van der Waals surface area contributed by atoms with Crippen LogP contribution in [0.3, 0.4) is 0 Å². The van der Waals surface area contributed by atoms with E-state index in [-0.39, 0.29) is 19.4 Å². The van der Waals surface area contributed by atoms with Crippen molar-refractivity contribution in [3.05, 3.63) is 35.9 Å². The van der Waals surface area contributed by atoms with E-state index in [2.05, 4.69) is 0 Å². The minimum Gasteiger partial charge on any atom is -0.459 e. The van der Waals surface area contributed by atoms with Gasteiger partial charge in [-0.15, -0.1) is 0 Å². The van der Waals surface area contributed by atoms with Gasteiger partial charge in [-0.25, -0.2) is 4.79 Å². The van der Waals surface area contributed by atoms with Crippen LogP contribution in [-0.4, -0.2) is 52.5 Å². The van der Waals surface area contributed by atoms with E-state index < -0.39 is 35.7 Å². The van der Waals surface area contributed by atoms with Crippen molar-refractivity contribution in [3.63, 3.8) is 0 Å². The lowest BCUT2D eigenvalue weighted by molar-refractivity contribution is -0.153. The zero-order chi connectivity index (χ0) is 16.7. The molecule has 1 aromatic rings. The second-order valence-electron chi connectivity index (χ2n) is 6.78. The van der Waals surface area contributed by atoms with Gasteiger partial charge in [-0.2, -0.15) is 0 Å². The van der Waals surface area contributed by atoms with Crippen LogP contribution < -0.4 is 0 Å². The summed E-state index contributed by atoms with van der Waals surface area (Å²) in [5.74, 6) is -1.29. The Hall–Kier alpha value is -1.47. The Balaban J connectivity index is 1.63. The molecule has 0 radical (unpaired) electrons. The van der Waals surface area contributed by atoms with Gasteiger partial charge in [0.1, 0.15) is 18.3 Å². The maximum absolute atomic E-state index is 12.0. The molecule has 1 heterocycles. The van der Waals surface area contributed by atoms with E-state index in [1.165, 1.54) is 0 Å². The summed E-state index contributed by atoms with van der Waals surface area (Å²) in [6.45, 7) is 3.35. The average Bonchev–Trinajstić information content (AvgIpc) is 2.80. The lowest BCUT2D eigenvalue weighted by Crippen LogP contribution is -2.53. The summed E-state index contributed by atoms with van der Waals surface area (Å²) in [4.78, 5) is 12.0. The normalized spacial score (nSPS) is 35.6. The molecule has 126 valence electrons. The molecule has 3 rings (SSSR count). The van der Waals surface area contributed by atoms with Crippen molar-refractivity contribution < 1.29 is 29.2 Å². The fraction of sp³-hybridized carbons (Fsp3) is 0.588. The van der Waals surface area contributed by atoms with Crippen molar-refractivity contribution in [1.29, 1.82) is 0 Å². The van der Waals surface area contributed by atoms with Gasteiger partial charge in [0.25, 0.3) is 0 Å². The number of carbonyl (C=O) groups is 1. The second-order valence-corrected chi connectivity index (χ2v) is 6.78. The first-order valence-electron chi connectivity index (χ1n) is 7.76. The summed E-state index contributed by atoms with van der Waals surface area (Å²) in [7, 11) is 0. The highest BCUT2D eigenvalue weighted by atomic mass is 16.8. The molecule has 4 atom stereocenters. The summed E-state index contributed by atoms with van der Waals surface area (Å²) < 4.78 is 16.6. The molecule has 0 unspecified atom stereocenters. The van der Waals surface area contributed by atoms with Gasteiger partial charge in [-0.1, -0.05) is 18.2 Å².